The summed E-state index contributed by atoms with van der Waals surface area (Å²) in [7, 11) is 0. The predicted molar refractivity (Wildman–Crippen MR) is 54.7 cm³/mol. The Morgan fingerprint density at radius 2 is 2.17 bits per heavy atom. The first-order valence-electron chi connectivity index (χ1n) is 4.38. The van der Waals surface area contributed by atoms with Crippen LogP contribution in [0.25, 0.3) is 0 Å². The van der Waals surface area contributed by atoms with E-state index < -0.39 is 0 Å². The Morgan fingerprint density at radius 3 is 2.58 bits per heavy atom. The average molecular weight is 184 g/mol. The number of rotatable bonds is 4. The molecule has 12 heavy (non-hydrogen) atoms. The fourth-order valence-electron chi connectivity index (χ4n) is 0.970. The summed E-state index contributed by atoms with van der Waals surface area (Å²) < 4.78 is 0. The van der Waals surface area contributed by atoms with Crippen molar-refractivity contribution in [3.05, 3.63) is 11.6 Å². The van der Waals surface area contributed by atoms with Gasteiger partial charge in [0.05, 0.1) is 0 Å². The first kappa shape index (κ1) is 9.52. The van der Waals surface area contributed by atoms with E-state index in [1.165, 1.54) is 0 Å². The Bertz CT molecular complexity index is 214. The highest BCUT2D eigenvalue weighted by Gasteiger charge is 2.19. The molecule has 0 fully saturated rings. The molecule has 3 heteroatoms. The van der Waals surface area contributed by atoms with Gasteiger partial charge in [-0.2, -0.15) is 0 Å². The van der Waals surface area contributed by atoms with Gasteiger partial charge in [-0.15, -0.1) is 11.3 Å². The molecule has 68 valence electrons. The van der Waals surface area contributed by atoms with Crippen LogP contribution in [0.2, 0.25) is 0 Å². The smallest absolute Gasteiger partial charge is 0.183 e. The molecule has 0 radical (unpaired) electrons. The van der Waals surface area contributed by atoms with E-state index in [4.69, 9.17) is 0 Å². The number of aromatic nitrogens is 1. The lowest BCUT2D eigenvalue weighted by Crippen LogP contribution is -2.32. The zero-order valence-electron chi connectivity index (χ0n) is 7.92. The molecule has 1 N–H and O–H groups in total. The Hall–Kier alpha value is -0.570. The van der Waals surface area contributed by atoms with Crippen LogP contribution in [0.3, 0.4) is 0 Å². The van der Waals surface area contributed by atoms with Crippen LogP contribution < -0.4 is 5.32 Å². The highest BCUT2D eigenvalue weighted by molar-refractivity contribution is 7.13. The summed E-state index contributed by atoms with van der Waals surface area (Å²) in [6.07, 6.45) is 4.09. The minimum atomic E-state index is 0.206. The molecule has 0 amide bonds. The number of nitrogens with one attached hydrogen (secondary N) is 1. The Balaban J connectivity index is 2.60. The lowest BCUT2D eigenvalue weighted by Gasteiger charge is -2.27. The van der Waals surface area contributed by atoms with E-state index in [-0.39, 0.29) is 5.54 Å². The molecule has 2 nitrogen and oxygen atoms in total. The van der Waals surface area contributed by atoms with Gasteiger partial charge in [0.15, 0.2) is 5.13 Å². The zero-order chi connectivity index (χ0) is 9.03. The van der Waals surface area contributed by atoms with Crippen molar-refractivity contribution in [2.45, 2.75) is 39.2 Å². The molecular formula is C9H16N2S. The second-order valence-electron chi connectivity index (χ2n) is 3.23. The van der Waals surface area contributed by atoms with Gasteiger partial charge in [0.1, 0.15) is 0 Å². The molecule has 0 spiro atoms. The average Bonchev–Trinajstić information content (AvgIpc) is 2.57. The fraction of sp³-hybridized carbons (Fsp3) is 0.667. The molecule has 0 atom stereocenters. The topological polar surface area (TPSA) is 24.9 Å². The van der Waals surface area contributed by atoms with Crippen LogP contribution in [-0.4, -0.2) is 10.5 Å². The molecule has 1 heterocycles. The minimum absolute atomic E-state index is 0.206. The second-order valence-corrected chi connectivity index (χ2v) is 4.12. The van der Waals surface area contributed by atoms with Crippen molar-refractivity contribution in [3.8, 4) is 0 Å². The van der Waals surface area contributed by atoms with Gasteiger partial charge in [0.25, 0.3) is 0 Å². The van der Waals surface area contributed by atoms with Crippen LogP contribution in [0, 0.1) is 0 Å². The third kappa shape index (κ3) is 2.21. The van der Waals surface area contributed by atoms with Crippen LogP contribution in [0.5, 0.6) is 0 Å². The van der Waals surface area contributed by atoms with Gasteiger partial charge < -0.3 is 5.32 Å². The zero-order valence-corrected chi connectivity index (χ0v) is 8.74. The molecule has 0 aliphatic heterocycles. The first-order chi connectivity index (χ1) is 5.70. The highest BCUT2D eigenvalue weighted by atomic mass is 32.1. The van der Waals surface area contributed by atoms with Gasteiger partial charge in [-0.25, -0.2) is 4.98 Å². The summed E-state index contributed by atoms with van der Waals surface area (Å²) in [6.45, 7) is 6.63. The maximum atomic E-state index is 4.20. The maximum Gasteiger partial charge on any atom is 0.183 e. The van der Waals surface area contributed by atoms with Crippen LogP contribution in [-0.2, 0) is 0 Å². The van der Waals surface area contributed by atoms with Crippen LogP contribution in [0.15, 0.2) is 11.6 Å². The molecule has 0 saturated heterocycles. The molecule has 1 aromatic rings. The summed E-state index contributed by atoms with van der Waals surface area (Å²) in [5, 5.41) is 6.47. The standard InChI is InChI=1S/C9H16N2S/c1-4-9(3,5-2)11-8-10-6-7-12-8/h6-7H,4-5H2,1-3H3,(H,10,11). The van der Waals surface area contributed by atoms with Gasteiger partial charge in [-0.1, -0.05) is 13.8 Å². The first-order valence-corrected chi connectivity index (χ1v) is 5.26. The molecule has 0 aromatic carbocycles. The van der Waals surface area contributed by atoms with Crippen molar-refractivity contribution in [1.82, 2.24) is 4.98 Å². The monoisotopic (exact) mass is 184 g/mol. The van der Waals surface area contributed by atoms with E-state index in [1.54, 1.807) is 11.3 Å². The third-order valence-corrected chi connectivity index (χ3v) is 3.09. The second kappa shape index (κ2) is 3.90. The van der Waals surface area contributed by atoms with E-state index in [9.17, 15) is 0 Å². The van der Waals surface area contributed by atoms with Crippen molar-refractivity contribution >= 4 is 16.5 Å². The van der Waals surface area contributed by atoms with Gasteiger partial charge in [0, 0.05) is 17.1 Å². The van der Waals surface area contributed by atoms with E-state index in [0.29, 0.717) is 0 Å². The fourth-order valence-corrected chi connectivity index (χ4v) is 1.65. The normalized spacial score (nSPS) is 11.6. The van der Waals surface area contributed by atoms with E-state index in [0.717, 1.165) is 18.0 Å². The summed E-state index contributed by atoms with van der Waals surface area (Å²) in [6, 6.07) is 0. The maximum absolute atomic E-state index is 4.20. The third-order valence-electron chi connectivity index (χ3n) is 2.40. The quantitative estimate of drug-likeness (QED) is 0.777. The molecule has 0 aliphatic carbocycles. The summed E-state index contributed by atoms with van der Waals surface area (Å²) in [4.78, 5) is 4.20. The Morgan fingerprint density at radius 1 is 1.50 bits per heavy atom. The van der Waals surface area contributed by atoms with Gasteiger partial charge in [-0.3, -0.25) is 0 Å². The number of nitrogens with zero attached hydrogens (tertiary/aromatic N) is 1. The molecular weight excluding hydrogens is 168 g/mol. The lowest BCUT2D eigenvalue weighted by atomic mass is 9.96. The highest BCUT2D eigenvalue weighted by Crippen LogP contribution is 2.22. The largest absolute Gasteiger partial charge is 0.356 e. The number of anilines is 1. The van der Waals surface area contributed by atoms with Crippen molar-refractivity contribution in [2.24, 2.45) is 0 Å². The number of hydrogen-bond donors (Lipinski definition) is 1. The Kier molecular flexibility index (Phi) is 3.09. The summed E-state index contributed by atoms with van der Waals surface area (Å²) in [5.41, 5.74) is 0.206. The molecule has 0 unspecified atom stereocenters. The number of hydrogen-bond acceptors (Lipinski definition) is 3. The minimum Gasteiger partial charge on any atom is -0.356 e. The summed E-state index contributed by atoms with van der Waals surface area (Å²) in [5.74, 6) is 0. The van der Waals surface area contributed by atoms with Gasteiger partial charge in [-0.05, 0) is 19.8 Å². The van der Waals surface area contributed by atoms with Crippen molar-refractivity contribution in [3.63, 3.8) is 0 Å². The van der Waals surface area contributed by atoms with Gasteiger partial charge >= 0.3 is 0 Å². The molecule has 0 bridgehead atoms. The molecule has 0 aliphatic rings. The SMILES string of the molecule is CCC(C)(CC)Nc1nccs1. The lowest BCUT2D eigenvalue weighted by molar-refractivity contribution is 0.478. The summed E-state index contributed by atoms with van der Waals surface area (Å²) >= 11 is 1.66. The van der Waals surface area contributed by atoms with Crippen LogP contribution >= 0.6 is 11.3 Å². The van der Waals surface area contributed by atoms with Gasteiger partial charge in [0.2, 0.25) is 0 Å². The van der Waals surface area contributed by atoms with Crippen molar-refractivity contribution < 1.29 is 0 Å². The molecule has 1 aromatic heterocycles. The van der Waals surface area contributed by atoms with Crippen LogP contribution in [0.4, 0.5) is 5.13 Å². The van der Waals surface area contributed by atoms with E-state index in [2.05, 4.69) is 31.1 Å². The number of thiazole rings is 1. The molecule has 0 saturated carbocycles. The van der Waals surface area contributed by atoms with Crippen molar-refractivity contribution in [1.29, 1.82) is 0 Å². The van der Waals surface area contributed by atoms with Crippen LogP contribution in [0.1, 0.15) is 33.6 Å². The molecule has 1 rings (SSSR count). The predicted octanol–water partition coefficient (Wildman–Crippen LogP) is 3.13. The van der Waals surface area contributed by atoms with Crippen molar-refractivity contribution in [2.75, 3.05) is 5.32 Å². The Labute approximate surface area is 78.0 Å². The van der Waals surface area contributed by atoms with E-state index in [1.807, 2.05) is 11.6 Å². The van der Waals surface area contributed by atoms with E-state index >= 15 is 0 Å².